The van der Waals surface area contributed by atoms with Gasteiger partial charge in [0.25, 0.3) is 10.0 Å². The van der Waals surface area contributed by atoms with Crippen LogP contribution in [0.3, 0.4) is 0 Å². The maximum absolute atomic E-state index is 12.1. The predicted molar refractivity (Wildman–Crippen MR) is 84.9 cm³/mol. The Morgan fingerprint density at radius 1 is 1.00 bits per heavy atom. The van der Waals surface area contributed by atoms with Gasteiger partial charge in [-0.3, -0.25) is 0 Å². The van der Waals surface area contributed by atoms with Gasteiger partial charge in [-0.1, -0.05) is 35.3 Å². The molecule has 1 N–H and O–H groups in total. The van der Waals surface area contributed by atoms with Gasteiger partial charge in [0.05, 0.1) is 5.69 Å². The van der Waals surface area contributed by atoms with Crippen LogP contribution in [0.15, 0.2) is 51.8 Å². The second-order valence-corrected chi connectivity index (χ2v) is 7.03. The van der Waals surface area contributed by atoms with Crippen molar-refractivity contribution < 1.29 is 8.42 Å². The molecule has 0 amide bonds. The summed E-state index contributed by atoms with van der Waals surface area (Å²) in [7, 11) is -3.70. The molecule has 0 aromatic heterocycles. The van der Waals surface area contributed by atoms with Crippen molar-refractivity contribution in [2.75, 3.05) is 5.32 Å². The average Bonchev–Trinajstić information content (AvgIpc) is 2.40. The Balaban J connectivity index is 1.95. The molecule has 1 aliphatic heterocycles. The highest BCUT2D eigenvalue weighted by Gasteiger charge is 2.24. The van der Waals surface area contributed by atoms with Gasteiger partial charge >= 0.3 is 0 Å². The van der Waals surface area contributed by atoms with Crippen molar-refractivity contribution in [2.45, 2.75) is 11.3 Å². The number of benzene rings is 2. The maximum Gasteiger partial charge on any atom is 0.286 e. The van der Waals surface area contributed by atoms with E-state index in [9.17, 15) is 8.42 Å². The topological polar surface area (TPSA) is 58.5 Å². The summed E-state index contributed by atoms with van der Waals surface area (Å²) in [5.74, 6) is 0.354. The van der Waals surface area contributed by atoms with Crippen LogP contribution >= 0.6 is 23.2 Å². The predicted octanol–water partition coefficient (Wildman–Crippen LogP) is 3.75. The summed E-state index contributed by atoms with van der Waals surface area (Å²) in [5, 5.41) is 4.10. The minimum atomic E-state index is -3.70. The van der Waals surface area contributed by atoms with E-state index < -0.39 is 10.0 Å². The quantitative estimate of drug-likeness (QED) is 0.905. The first-order valence-corrected chi connectivity index (χ1v) is 8.28. The number of anilines is 1. The zero-order valence-corrected chi connectivity index (χ0v) is 13.0. The molecule has 0 unspecified atom stereocenters. The van der Waals surface area contributed by atoms with E-state index in [1.165, 1.54) is 12.1 Å². The van der Waals surface area contributed by atoms with E-state index in [4.69, 9.17) is 23.2 Å². The highest BCUT2D eigenvalue weighted by Crippen LogP contribution is 2.30. The molecule has 0 bridgehead atoms. The first-order chi connectivity index (χ1) is 9.94. The lowest BCUT2D eigenvalue weighted by Crippen LogP contribution is -2.23. The molecule has 1 heterocycles. The lowest BCUT2D eigenvalue weighted by atomic mass is 10.1. The second-order valence-electron chi connectivity index (χ2n) is 4.58. The van der Waals surface area contributed by atoms with Crippen LogP contribution in [0.5, 0.6) is 0 Å². The molecule has 0 radical (unpaired) electrons. The van der Waals surface area contributed by atoms with Gasteiger partial charge in [0, 0.05) is 16.5 Å². The Kier molecular flexibility index (Phi) is 3.65. The lowest BCUT2D eigenvalue weighted by molar-refractivity contribution is 0.597. The highest BCUT2D eigenvalue weighted by molar-refractivity contribution is 7.90. The Labute approximate surface area is 132 Å². The fourth-order valence-electron chi connectivity index (χ4n) is 2.07. The molecule has 0 spiro atoms. The van der Waals surface area contributed by atoms with Crippen molar-refractivity contribution in [3.05, 3.63) is 58.1 Å². The van der Waals surface area contributed by atoms with Crippen LogP contribution in [0.4, 0.5) is 5.69 Å². The van der Waals surface area contributed by atoms with Crippen molar-refractivity contribution in [3.8, 4) is 0 Å². The van der Waals surface area contributed by atoms with E-state index in [-0.39, 0.29) is 4.90 Å². The van der Waals surface area contributed by atoms with Crippen LogP contribution in [0, 0.1) is 0 Å². The molecule has 0 aliphatic carbocycles. The maximum atomic E-state index is 12.1. The van der Waals surface area contributed by atoms with Crippen molar-refractivity contribution in [3.63, 3.8) is 0 Å². The summed E-state index contributed by atoms with van der Waals surface area (Å²) < 4.78 is 28.1. The molecule has 1 aliphatic rings. The van der Waals surface area contributed by atoms with Crippen LogP contribution in [-0.4, -0.2) is 14.3 Å². The molecule has 0 atom stereocenters. The normalized spacial score (nSPS) is 15.8. The van der Waals surface area contributed by atoms with Crippen LogP contribution in [0.1, 0.15) is 5.56 Å². The van der Waals surface area contributed by atoms with Crippen molar-refractivity contribution in [2.24, 2.45) is 4.40 Å². The molecular weight excluding hydrogens is 331 g/mol. The van der Waals surface area contributed by atoms with Crippen molar-refractivity contribution in [1.82, 2.24) is 0 Å². The van der Waals surface area contributed by atoms with E-state index in [1.807, 2.05) is 12.1 Å². The fraction of sp³-hybridized carbons (Fsp3) is 0.0714. The lowest BCUT2D eigenvalue weighted by Gasteiger charge is -2.18. The van der Waals surface area contributed by atoms with E-state index in [2.05, 4.69) is 9.71 Å². The number of amidine groups is 1. The van der Waals surface area contributed by atoms with Crippen LogP contribution < -0.4 is 5.32 Å². The largest absolute Gasteiger partial charge is 0.342 e. The van der Waals surface area contributed by atoms with E-state index in [0.29, 0.717) is 28.0 Å². The van der Waals surface area contributed by atoms with Gasteiger partial charge in [0.15, 0.2) is 0 Å². The molecule has 108 valence electrons. The summed E-state index contributed by atoms with van der Waals surface area (Å²) >= 11 is 11.7. The van der Waals surface area contributed by atoms with Gasteiger partial charge < -0.3 is 5.32 Å². The Bertz CT molecular complexity index is 831. The Morgan fingerprint density at radius 2 is 1.67 bits per heavy atom. The standard InChI is InChI=1S/C14H10Cl2N2O2S/c15-10-3-1-9(2-4-10)7-14-17-12-8-11(16)5-6-13(12)21(19,20)18-14/h1-6,8H,7H2,(H,17,18). The molecule has 0 saturated heterocycles. The van der Waals surface area contributed by atoms with Gasteiger partial charge in [-0.2, -0.15) is 8.42 Å². The highest BCUT2D eigenvalue weighted by atomic mass is 35.5. The van der Waals surface area contributed by atoms with Gasteiger partial charge in [0.1, 0.15) is 10.7 Å². The van der Waals surface area contributed by atoms with Gasteiger partial charge in [-0.25, -0.2) is 0 Å². The van der Waals surface area contributed by atoms with Gasteiger partial charge in [0.2, 0.25) is 0 Å². The molecule has 2 aromatic rings. The molecule has 0 saturated carbocycles. The molecule has 0 fully saturated rings. The molecule has 21 heavy (non-hydrogen) atoms. The van der Waals surface area contributed by atoms with Gasteiger partial charge in [-0.05, 0) is 35.9 Å². The molecule has 4 nitrogen and oxygen atoms in total. The zero-order chi connectivity index (χ0) is 15.0. The summed E-state index contributed by atoms with van der Waals surface area (Å²) in [6.45, 7) is 0. The number of nitrogens with zero attached hydrogens (tertiary/aromatic N) is 1. The van der Waals surface area contributed by atoms with E-state index in [0.717, 1.165) is 5.56 Å². The number of hydrogen-bond acceptors (Lipinski definition) is 3. The average molecular weight is 341 g/mol. The number of hydrogen-bond donors (Lipinski definition) is 1. The van der Waals surface area contributed by atoms with Crippen molar-refractivity contribution >= 4 is 44.7 Å². The monoisotopic (exact) mass is 340 g/mol. The minimum absolute atomic E-state index is 0.131. The third-order valence-corrected chi connectivity index (χ3v) is 4.87. The first kappa shape index (κ1) is 14.4. The number of sulfonamides is 1. The summed E-state index contributed by atoms with van der Waals surface area (Å²) in [6, 6.07) is 11.7. The fourth-order valence-corrected chi connectivity index (χ4v) is 3.49. The molecule has 7 heteroatoms. The minimum Gasteiger partial charge on any atom is -0.342 e. The SMILES string of the molecule is O=S1(=O)N=C(Cc2ccc(Cl)cc2)Nc2cc(Cl)ccc21. The third kappa shape index (κ3) is 3.05. The number of nitrogens with one attached hydrogen (secondary N) is 1. The molecule has 2 aromatic carbocycles. The third-order valence-electron chi connectivity index (χ3n) is 3.01. The summed E-state index contributed by atoms with van der Waals surface area (Å²) in [6.07, 6.45) is 0.363. The first-order valence-electron chi connectivity index (χ1n) is 6.09. The van der Waals surface area contributed by atoms with Gasteiger partial charge in [-0.15, -0.1) is 4.40 Å². The number of rotatable bonds is 2. The Morgan fingerprint density at radius 3 is 2.38 bits per heavy atom. The van der Waals surface area contributed by atoms with Crippen LogP contribution in [-0.2, 0) is 16.4 Å². The molecule has 3 rings (SSSR count). The second kappa shape index (κ2) is 5.33. The van der Waals surface area contributed by atoms with Crippen LogP contribution in [0.2, 0.25) is 10.0 Å². The smallest absolute Gasteiger partial charge is 0.286 e. The van der Waals surface area contributed by atoms with Crippen LogP contribution in [0.25, 0.3) is 0 Å². The van der Waals surface area contributed by atoms with E-state index >= 15 is 0 Å². The van der Waals surface area contributed by atoms with Crippen molar-refractivity contribution in [1.29, 1.82) is 0 Å². The zero-order valence-electron chi connectivity index (χ0n) is 10.7. The van der Waals surface area contributed by atoms with E-state index in [1.54, 1.807) is 18.2 Å². The number of fused-ring (bicyclic) bond motifs is 1. The Hall–Kier alpha value is -1.56. The summed E-state index contributed by atoms with van der Waals surface area (Å²) in [4.78, 5) is 0.131. The molecular formula is C14H10Cl2N2O2S. The number of halogens is 2. The summed E-state index contributed by atoms with van der Waals surface area (Å²) in [5.41, 5.74) is 1.35.